The number of hydrogen-bond donors (Lipinski definition) is 0. The van der Waals surface area contributed by atoms with E-state index in [4.69, 9.17) is 23.2 Å². The summed E-state index contributed by atoms with van der Waals surface area (Å²) in [6.45, 7) is 3.69. The van der Waals surface area contributed by atoms with Gasteiger partial charge >= 0.3 is 0 Å². The van der Waals surface area contributed by atoms with E-state index in [0.717, 1.165) is 21.4 Å². The summed E-state index contributed by atoms with van der Waals surface area (Å²) in [6, 6.07) is 15.1. The number of carbonyl (C=O) groups excluding carboxylic acids is 1. The average molecular weight is 401 g/mol. The third kappa shape index (κ3) is 3.52. The first-order chi connectivity index (χ1) is 12.4. The van der Waals surface area contributed by atoms with Crippen molar-refractivity contribution in [3.8, 4) is 6.07 Å². The zero-order chi connectivity index (χ0) is 18.8. The molecule has 3 nitrogen and oxygen atoms in total. The molecule has 0 bridgehead atoms. The third-order valence-corrected chi connectivity index (χ3v) is 5.68. The smallest absolute Gasteiger partial charge is 0.220 e. The van der Waals surface area contributed by atoms with Gasteiger partial charge < -0.3 is 0 Å². The molecular formula is C20H14Cl2N2OS. The standard InChI is InChI=1S/C20H14Cl2N2OS/c1-3-13(11-23)20(25)19-9-14-8-16(21)17(22)10-18(14)24(19)26-15-6-4-12(2)5-7-15/h3-10H,1-2H3/b13-3+. The summed E-state index contributed by atoms with van der Waals surface area (Å²) in [4.78, 5) is 13.8. The third-order valence-electron chi connectivity index (χ3n) is 3.90. The molecule has 0 aliphatic carbocycles. The predicted molar refractivity (Wildman–Crippen MR) is 108 cm³/mol. The number of halogens is 2. The Labute approximate surface area is 166 Å². The largest absolute Gasteiger partial charge is 0.286 e. The van der Waals surface area contributed by atoms with E-state index in [0.29, 0.717) is 15.7 Å². The molecule has 0 radical (unpaired) electrons. The van der Waals surface area contributed by atoms with E-state index in [-0.39, 0.29) is 11.4 Å². The van der Waals surface area contributed by atoms with Gasteiger partial charge in [0.15, 0.2) is 0 Å². The predicted octanol–water partition coefficient (Wildman–Crippen LogP) is 6.46. The minimum atomic E-state index is -0.335. The van der Waals surface area contributed by atoms with Crippen LogP contribution in [0.5, 0.6) is 0 Å². The van der Waals surface area contributed by atoms with Gasteiger partial charge in [-0.2, -0.15) is 5.26 Å². The number of carbonyl (C=O) groups is 1. The van der Waals surface area contributed by atoms with Crippen LogP contribution in [0.4, 0.5) is 0 Å². The number of fused-ring (bicyclic) bond motifs is 1. The van der Waals surface area contributed by atoms with Crippen LogP contribution in [0.2, 0.25) is 10.0 Å². The second-order valence-electron chi connectivity index (χ2n) is 5.70. The lowest BCUT2D eigenvalue weighted by Gasteiger charge is -2.09. The first kappa shape index (κ1) is 18.6. The van der Waals surface area contributed by atoms with Gasteiger partial charge in [-0.3, -0.25) is 8.77 Å². The molecule has 0 amide bonds. The Balaban J connectivity index is 2.21. The molecule has 0 unspecified atom stereocenters. The summed E-state index contributed by atoms with van der Waals surface area (Å²) in [5, 5.41) is 10.9. The topological polar surface area (TPSA) is 45.8 Å². The summed E-state index contributed by atoms with van der Waals surface area (Å²) in [5.41, 5.74) is 2.41. The van der Waals surface area contributed by atoms with E-state index in [1.54, 1.807) is 29.1 Å². The van der Waals surface area contributed by atoms with Gasteiger partial charge in [-0.25, -0.2) is 0 Å². The molecule has 0 saturated carbocycles. The Hall–Kier alpha value is -2.19. The molecule has 3 aromatic rings. The Morgan fingerprint density at radius 2 is 1.81 bits per heavy atom. The van der Waals surface area contributed by atoms with Crippen molar-refractivity contribution < 1.29 is 4.79 Å². The van der Waals surface area contributed by atoms with Crippen molar-refractivity contribution in [2.45, 2.75) is 18.7 Å². The fourth-order valence-electron chi connectivity index (χ4n) is 2.52. The number of nitriles is 1. The quantitative estimate of drug-likeness (QED) is 0.286. The van der Waals surface area contributed by atoms with Gasteiger partial charge in [0.05, 0.1) is 21.1 Å². The lowest BCUT2D eigenvalue weighted by atomic mass is 10.1. The maximum absolute atomic E-state index is 12.8. The molecule has 0 aliphatic rings. The van der Waals surface area contributed by atoms with Crippen LogP contribution in [0, 0.1) is 18.3 Å². The highest BCUT2D eigenvalue weighted by molar-refractivity contribution is 7.98. The second kappa shape index (κ2) is 7.59. The van der Waals surface area contributed by atoms with Crippen LogP contribution in [-0.4, -0.2) is 9.76 Å². The fraction of sp³-hybridized carbons (Fsp3) is 0.100. The van der Waals surface area contributed by atoms with Crippen LogP contribution in [0.3, 0.4) is 0 Å². The number of nitrogens with zero attached hydrogens (tertiary/aromatic N) is 2. The molecule has 6 heteroatoms. The molecule has 0 fully saturated rings. The van der Waals surface area contributed by atoms with Crippen molar-refractivity contribution in [2.75, 3.05) is 0 Å². The van der Waals surface area contributed by atoms with Gasteiger partial charge in [-0.05, 0) is 56.1 Å². The summed E-state index contributed by atoms with van der Waals surface area (Å²) in [6.07, 6.45) is 1.51. The van der Waals surface area contributed by atoms with Gasteiger partial charge in [-0.15, -0.1) is 0 Å². The molecule has 2 aromatic carbocycles. The monoisotopic (exact) mass is 400 g/mol. The number of aryl methyl sites for hydroxylation is 1. The summed E-state index contributed by atoms with van der Waals surface area (Å²) in [7, 11) is 0. The van der Waals surface area contributed by atoms with Gasteiger partial charge in [0.1, 0.15) is 11.8 Å². The number of rotatable bonds is 4. The van der Waals surface area contributed by atoms with Crippen LogP contribution < -0.4 is 0 Å². The molecular weight excluding hydrogens is 387 g/mol. The molecule has 3 rings (SSSR count). The Morgan fingerprint density at radius 3 is 2.42 bits per heavy atom. The molecule has 1 aromatic heterocycles. The molecule has 0 saturated heterocycles. The normalized spacial score (nSPS) is 11.6. The van der Waals surface area contributed by atoms with Crippen molar-refractivity contribution in [3.63, 3.8) is 0 Å². The number of hydrogen-bond acceptors (Lipinski definition) is 3. The first-order valence-corrected chi connectivity index (χ1v) is 9.34. The molecule has 0 aliphatic heterocycles. The molecule has 26 heavy (non-hydrogen) atoms. The van der Waals surface area contributed by atoms with Gasteiger partial charge in [0.2, 0.25) is 5.78 Å². The van der Waals surface area contributed by atoms with Crippen LogP contribution >= 0.6 is 35.1 Å². The first-order valence-electron chi connectivity index (χ1n) is 7.81. The highest BCUT2D eigenvalue weighted by atomic mass is 35.5. The van der Waals surface area contributed by atoms with E-state index < -0.39 is 0 Å². The Morgan fingerprint density at radius 1 is 1.15 bits per heavy atom. The van der Waals surface area contributed by atoms with E-state index in [1.807, 2.05) is 37.3 Å². The minimum absolute atomic E-state index is 0.0933. The Bertz CT molecular complexity index is 1080. The number of aromatic nitrogens is 1. The van der Waals surface area contributed by atoms with E-state index in [2.05, 4.69) is 0 Å². The van der Waals surface area contributed by atoms with E-state index in [9.17, 15) is 10.1 Å². The molecule has 1 heterocycles. The summed E-state index contributed by atoms with van der Waals surface area (Å²) >= 11 is 13.7. The summed E-state index contributed by atoms with van der Waals surface area (Å²) in [5.74, 6) is -0.335. The van der Waals surface area contributed by atoms with Crippen LogP contribution in [0.1, 0.15) is 23.0 Å². The maximum atomic E-state index is 12.8. The van der Waals surface area contributed by atoms with Crippen molar-refractivity contribution in [3.05, 3.63) is 75.4 Å². The number of Topliss-reactive ketones (excluding diaryl/α,β-unsaturated/α-hetero) is 1. The number of allylic oxidation sites excluding steroid dienone is 2. The number of benzene rings is 2. The number of ketones is 1. The van der Waals surface area contributed by atoms with Crippen molar-refractivity contribution in [1.29, 1.82) is 5.26 Å². The van der Waals surface area contributed by atoms with Gasteiger partial charge in [0, 0.05) is 10.3 Å². The van der Waals surface area contributed by atoms with E-state index >= 15 is 0 Å². The van der Waals surface area contributed by atoms with Crippen LogP contribution in [-0.2, 0) is 0 Å². The molecule has 0 atom stereocenters. The zero-order valence-electron chi connectivity index (χ0n) is 14.1. The molecule has 130 valence electrons. The summed E-state index contributed by atoms with van der Waals surface area (Å²) < 4.78 is 1.80. The highest BCUT2D eigenvalue weighted by Crippen LogP contribution is 2.35. The van der Waals surface area contributed by atoms with Crippen molar-refractivity contribution in [1.82, 2.24) is 3.97 Å². The van der Waals surface area contributed by atoms with E-state index in [1.165, 1.54) is 18.0 Å². The van der Waals surface area contributed by atoms with Gasteiger partial charge in [-0.1, -0.05) is 47.0 Å². The van der Waals surface area contributed by atoms with Crippen LogP contribution in [0.15, 0.2) is 59.0 Å². The highest BCUT2D eigenvalue weighted by Gasteiger charge is 2.20. The van der Waals surface area contributed by atoms with Crippen molar-refractivity contribution in [2.24, 2.45) is 0 Å². The molecule has 0 N–H and O–H groups in total. The average Bonchev–Trinajstić information content (AvgIpc) is 2.96. The lowest BCUT2D eigenvalue weighted by molar-refractivity contribution is 0.103. The van der Waals surface area contributed by atoms with Crippen molar-refractivity contribution >= 4 is 51.8 Å². The van der Waals surface area contributed by atoms with Gasteiger partial charge in [0.25, 0.3) is 0 Å². The maximum Gasteiger partial charge on any atom is 0.220 e. The minimum Gasteiger partial charge on any atom is -0.286 e. The lowest BCUT2D eigenvalue weighted by Crippen LogP contribution is -2.06. The fourth-order valence-corrected chi connectivity index (χ4v) is 3.81. The van der Waals surface area contributed by atoms with Crippen LogP contribution in [0.25, 0.3) is 10.9 Å². The molecule has 0 spiro atoms. The Kier molecular flexibility index (Phi) is 5.43. The SMILES string of the molecule is C/C=C(\C#N)C(=O)c1cc2cc(Cl)c(Cl)cc2n1Sc1ccc(C)cc1. The second-order valence-corrected chi connectivity index (χ2v) is 7.53. The zero-order valence-corrected chi connectivity index (χ0v) is 16.4.